The summed E-state index contributed by atoms with van der Waals surface area (Å²) in [5.74, 6) is 1.59. The van der Waals surface area contributed by atoms with E-state index < -0.39 is 0 Å². The molecular weight excluding hydrogens is 228 g/mol. The lowest BCUT2D eigenvalue weighted by molar-refractivity contribution is 0.853. The van der Waals surface area contributed by atoms with Crippen LogP contribution in [-0.4, -0.2) is 4.98 Å². The van der Waals surface area contributed by atoms with E-state index in [-0.39, 0.29) is 0 Å². The van der Waals surface area contributed by atoms with E-state index in [0.717, 1.165) is 18.7 Å². The first-order chi connectivity index (χ1) is 8.24. The molecule has 2 heterocycles. The van der Waals surface area contributed by atoms with Gasteiger partial charge in [-0.1, -0.05) is 32.0 Å². The molecule has 1 N–H and O–H groups in total. The smallest absolute Gasteiger partial charge is 0.144 e. The minimum absolute atomic E-state index is 0.518. The Morgan fingerprint density at radius 1 is 1.24 bits per heavy atom. The molecule has 3 heteroatoms. The summed E-state index contributed by atoms with van der Waals surface area (Å²) in [6.07, 6.45) is 2.21. The normalized spacial score (nSPS) is 13.8. The summed E-state index contributed by atoms with van der Waals surface area (Å²) in [6.45, 7) is 4.40. The highest BCUT2D eigenvalue weighted by atomic mass is 32.1. The van der Waals surface area contributed by atoms with E-state index in [9.17, 15) is 0 Å². The average molecular weight is 244 g/mol. The number of aromatic nitrogens is 1. The standard InChI is InChI=1S/C14H16N2S/c1-9(2)14-16-13-12(17-14)8-7-10-5-3-4-6-11(10)15-13/h3-6,9,15H,7-8H2,1-2H3. The lowest BCUT2D eigenvalue weighted by Crippen LogP contribution is -1.94. The molecule has 1 aromatic carbocycles. The molecule has 1 aliphatic heterocycles. The highest BCUT2D eigenvalue weighted by Gasteiger charge is 2.17. The van der Waals surface area contributed by atoms with Gasteiger partial charge in [-0.25, -0.2) is 4.98 Å². The van der Waals surface area contributed by atoms with Gasteiger partial charge in [0.15, 0.2) is 0 Å². The van der Waals surface area contributed by atoms with Crippen LogP contribution in [0.25, 0.3) is 0 Å². The van der Waals surface area contributed by atoms with Gasteiger partial charge in [0.1, 0.15) is 5.82 Å². The van der Waals surface area contributed by atoms with E-state index in [1.54, 1.807) is 0 Å². The zero-order valence-corrected chi connectivity index (χ0v) is 11.0. The zero-order valence-electron chi connectivity index (χ0n) is 10.2. The molecule has 0 unspecified atom stereocenters. The predicted octanol–water partition coefficient (Wildman–Crippen LogP) is 4.11. The molecule has 88 valence electrons. The van der Waals surface area contributed by atoms with Crippen molar-refractivity contribution in [3.63, 3.8) is 0 Å². The summed E-state index contributed by atoms with van der Waals surface area (Å²) in [5, 5.41) is 4.72. The summed E-state index contributed by atoms with van der Waals surface area (Å²) >= 11 is 1.85. The lowest BCUT2D eigenvalue weighted by atomic mass is 10.1. The van der Waals surface area contributed by atoms with E-state index in [2.05, 4.69) is 43.4 Å². The Morgan fingerprint density at radius 2 is 2.06 bits per heavy atom. The zero-order chi connectivity index (χ0) is 11.8. The van der Waals surface area contributed by atoms with Crippen LogP contribution in [0.2, 0.25) is 0 Å². The van der Waals surface area contributed by atoms with E-state index in [1.807, 2.05) is 11.3 Å². The molecular formula is C14H16N2S. The second kappa shape index (κ2) is 4.15. The Kier molecular flexibility index (Phi) is 2.63. The van der Waals surface area contributed by atoms with Crippen molar-refractivity contribution in [3.8, 4) is 0 Å². The van der Waals surface area contributed by atoms with Crippen LogP contribution in [0.15, 0.2) is 24.3 Å². The number of benzene rings is 1. The van der Waals surface area contributed by atoms with Gasteiger partial charge in [0, 0.05) is 16.5 Å². The second-order valence-corrected chi connectivity index (χ2v) is 5.88. The van der Waals surface area contributed by atoms with Crippen molar-refractivity contribution in [1.29, 1.82) is 0 Å². The van der Waals surface area contributed by atoms with Crippen LogP contribution < -0.4 is 5.32 Å². The van der Waals surface area contributed by atoms with Crippen LogP contribution in [0.3, 0.4) is 0 Å². The number of para-hydroxylation sites is 1. The number of hydrogen-bond donors (Lipinski definition) is 1. The van der Waals surface area contributed by atoms with Crippen molar-refractivity contribution in [1.82, 2.24) is 4.98 Å². The molecule has 1 aliphatic rings. The molecule has 0 atom stereocenters. The number of fused-ring (bicyclic) bond motifs is 2. The summed E-state index contributed by atoms with van der Waals surface area (Å²) in [5.41, 5.74) is 2.61. The molecule has 0 saturated heterocycles. The third-order valence-electron chi connectivity index (χ3n) is 3.10. The van der Waals surface area contributed by atoms with Crippen molar-refractivity contribution >= 4 is 22.8 Å². The van der Waals surface area contributed by atoms with Gasteiger partial charge in [-0.05, 0) is 24.5 Å². The van der Waals surface area contributed by atoms with Gasteiger partial charge >= 0.3 is 0 Å². The fourth-order valence-corrected chi connectivity index (χ4v) is 3.14. The molecule has 0 spiro atoms. The first-order valence-corrected chi connectivity index (χ1v) is 6.90. The van der Waals surface area contributed by atoms with Crippen LogP contribution in [0.1, 0.15) is 35.2 Å². The quantitative estimate of drug-likeness (QED) is 0.816. The number of thiazole rings is 1. The molecule has 0 fully saturated rings. The third-order valence-corrected chi connectivity index (χ3v) is 4.52. The molecule has 2 nitrogen and oxygen atoms in total. The Labute approximate surface area is 106 Å². The predicted molar refractivity (Wildman–Crippen MR) is 73.3 cm³/mol. The Bertz CT molecular complexity index is 543. The minimum Gasteiger partial charge on any atom is -0.339 e. The van der Waals surface area contributed by atoms with Crippen LogP contribution in [0.5, 0.6) is 0 Å². The summed E-state index contributed by atoms with van der Waals surface area (Å²) in [7, 11) is 0. The number of rotatable bonds is 1. The Morgan fingerprint density at radius 3 is 2.88 bits per heavy atom. The maximum absolute atomic E-state index is 4.72. The molecule has 1 aromatic heterocycles. The van der Waals surface area contributed by atoms with Gasteiger partial charge in [-0.3, -0.25) is 0 Å². The largest absolute Gasteiger partial charge is 0.339 e. The van der Waals surface area contributed by atoms with Crippen LogP contribution in [-0.2, 0) is 12.8 Å². The topological polar surface area (TPSA) is 24.9 Å². The average Bonchev–Trinajstić information content (AvgIpc) is 2.64. The number of anilines is 2. The number of hydrogen-bond acceptors (Lipinski definition) is 3. The molecule has 2 aromatic rings. The molecule has 3 rings (SSSR count). The summed E-state index contributed by atoms with van der Waals surface area (Å²) in [6, 6.07) is 8.51. The summed E-state index contributed by atoms with van der Waals surface area (Å²) < 4.78 is 0. The maximum Gasteiger partial charge on any atom is 0.144 e. The van der Waals surface area contributed by atoms with E-state index in [0.29, 0.717) is 5.92 Å². The molecule has 17 heavy (non-hydrogen) atoms. The molecule has 0 bridgehead atoms. The van der Waals surface area contributed by atoms with Crippen LogP contribution in [0.4, 0.5) is 11.5 Å². The third kappa shape index (κ3) is 1.95. The fraction of sp³-hybridized carbons (Fsp3) is 0.357. The number of nitrogens with one attached hydrogen (secondary N) is 1. The second-order valence-electron chi connectivity index (χ2n) is 4.76. The van der Waals surface area contributed by atoms with Gasteiger partial charge in [0.05, 0.1) is 5.01 Å². The molecule has 0 radical (unpaired) electrons. The first-order valence-electron chi connectivity index (χ1n) is 6.08. The number of aryl methyl sites for hydroxylation is 2. The highest BCUT2D eigenvalue weighted by Crippen LogP contribution is 2.35. The minimum atomic E-state index is 0.518. The van der Waals surface area contributed by atoms with Crippen molar-refractivity contribution in [2.75, 3.05) is 5.32 Å². The van der Waals surface area contributed by atoms with Crippen LogP contribution >= 0.6 is 11.3 Å². The van der Waals surface area contributed by atoms with E-state index >= 15 is 0 Å². The van der Waals surface area contributed by atoms with Crippen molar-refractivity contribution in [2.24, 2.45) is 0 Å². The molecule has 0 aliphatic carbocycles. The van der Waals surface area contributed by atoms with Gasteiger partial charge in [-0.2, -0.15) is 0 Å². The van der Waals surface area contributed by atoms with E-state index in [4.69, 9.17) is 4.98 Å². The lowest BCUT2D eigenvalue weighted by Gasteiger charge is -2.06. The molecule has 0 amide bonds. The van der Waals surface area contributed by atoms with Gasteiger partial charge in [0.2, 0.25) is 0 Å². The van der Waals surface area contributed by atoms with Crippen LogP contribution in [0, 0.1) is 0 Å². The van der Waals surface area contributed by atoms with Gasteiger partial charge in [-0.15, -0.1) is 11.3 Å². The highest BCUT2D eigenvalue weighted by molar-refractivity contribution is 7.12. The monoisotopic (exact) mass is 244 g/mol. The van der Waals surface area contributed by atoms with Crippen molar-refractivity contribution < 1.29 is 0 Å². The SMILES string of the molecule is CC(C)c1nc2c(s1)CCc1ccccc1N2. The first kappa shape index (κ1) is 10.8. The van der Waals surface area contributed by atoms with Crippen molar-refractivity contribution in [3.05, 3.63) is 39.7 Å². The Balaban J connectivity index is 2.01. The van der Waals surface area contributed by atoms with Crippen molar-refractivity contribution in [2.45, 2.75) is 32.6 Å². The van der Waals surface area contributed by atoms with Gasteiger partial charge < -0.3 is 5.32 Å². The summed E-state index contributed by atoms with van der Waals surface area (Å²) in [4.78, 5) is 6.11. The number of nitrogens with zero attached hydrogens (tertiary/aromatic N) is 1. The van der Waals surface area contributed by atoms with Gasteiger partial charge in [0.25, 0.3) is 0 Å². The maximum atomic E-state index is 4.72. The van der Waals surface area contributed by atoms with E-state index in [1.165, 1.54) is 21.1 Å². The molecule has 0 saturated carbocycles. The Hall–Kier alpha value is -1.35. The fourth-order valence-electron chi connectivity index (χ4n) is 2.12.